The molecule has 0 saturated carbocycles. The summed E-state index contributed by atoms with van der Waals surface area (Å²) in [6.45, 7) is 6.22. The van der Waals surface area contributed by atoms with Crippen molar-refractivity contribution in [2.75, 3.05) is 10.5 Å². The molecule has 0 atom stereocenters. The second kappa shape index (κ2) is 5.69. The fourth-order valence-corrected chi connectivity index (χ4v) is 3.93. The van der Waals surface area contributed by atoms with Crippen LogP contribution in [0.2, 0.25) is 0 Å². The summed E-state index contributed by atoms with van der Waals surface area (Å²) in [5.74, 6) is 0.647. The molecular weight excluding hydrogens is 356 g/mol. The maximum absolute atomic E-state index is 12.4. The molecule has 0 amide bonds. The molecule has 3 N–H and O–H groups in total. The van der Waals surface area contributed by atoms with Crippen LogP contribution in [0.4, 0.5) is 11.4 Å². The van der Waals surface area contributed by atoms with Crippen LogP contribution in [0, 0.1) is 13.8 Å². The number of nitrogens with zero attached hydrogens (tertiary/aromatic N) is 2. The van der Waals surface area contributed by atoms with Gasteiger partial charge in [0.15, 0.2) is 5.03 Å². The third-order valence-electron chi connectivity index (χ3n) is 3.07. The zero-order valence-electron chi connectivity index (χ0n) is 12.0. The number of halogens is 1. The van der Waals surface area contributed by atoms with Crippen LogP contribution in [0.15, 0.2) is 27.8 Å². The average molecular weight is 373 g/mol. The van der Waals surface area contributed by atoms with Crippen molar-refractivity contribution in [3.63, 3.8) is 0 Å². The van der Waals surface area contributed by atoms with E-state index in [4.69, 9.17) is 5.73 Å². The van der Waals surface area contributed by atoms with Crippen LogP contribution in [-0.2, 0) is 16.6 Å². The van der Waals surface area contributed by atoms with Gasteiger partial charge in [0.2, 0.25) is 0 Å². The maximum atomic E-state index is 12.4. The van der Waals surface area contributed by atoms with Crippen molar-refractivity contribution in [1.82, 2.24) is 9.55 Å². The van der Waals surface area contributed by atoms with E-state index in [9.17, 15) is 8.42 Å². The number of rotatable bonds is 4. The normalized spacial score (nSPS) is 11.6. The number of sulfonamides is 1. The summed E-state index contributed by atoms with van der Waals surface area (Å²) in [5.41, 5.74) is 7.51. The third-order valence-corrected chi connectivity index (χ3v) is 4.92. The summed E-state index contributed by atoms with van der Waals surface area (Å²) in [5, 5.41) is -0.0197. The van der Waals surface area contributed by atoms with E-state index in [2.05, 4.69) is 25.6 Å². The van der Waals surface area contributed by atoms with Gasteiger partial charge in [-0.3, -0.25) is 4.72 Å². The lowest BCUT2D eigenvalue weighted by Crippen LogP contribution is -2.15. The minimum Gasteiger partial charge on any atom is -0.397 e. The van der Waals surface area contributed by atoms with Crippen LogP contribution in [0.25, 0.3) is 0 Å². The topological polar surface area (TPSA) is 90.0 Å². The lowest BCUT2D eigenvalue weighted by molar-refractivity contribution is 0.598. The molecule has 0 aliphatic heterocycles. The van der Waals surface area contributed by atoms with Crippen LogP contribution in [0.5, 0.6) is 0 Å². The highest BCUT2D eigenvalue weighted by molar-refractivity contribution is 9.10. The Kier molecular flexibility index (Phi) is 4.29. The molecule has 2 rings (SSSR count). The van der Waals surface area contributed by atoms with E-state index in [1.165, 1.54) is 6.20 Å². The van der Waals surface area contributed by atoms with Gasteiger partial charge in [0, 0.05) is 17.2 Å². The summed E-state index contributed by atoms with van der Waals surface area (Å²) in [6, 6.07) is 3.50. The van der Waals surface area contributed by atoms with Gasteiger partial charge >= 0.3 is 0 Å². The highest BCUT2D eigenvalue weighted by Crippen LogP contribution is 2.32. The number of benzene rings is 1. The second-order valence-corrected chi connectivity index (χ2v) is 7.21. The molecular formula is C13H17BrN4O2S. The van der Waals surface area contributed by atoms with Gasteiger partial charge in [-0.2, -0.15) is 8.42 Å². The van der Waals surface area contributed by atoms with E-state index in [-0.39, 0.29) is 5.03 Å². The Morgan fingerprint density at radius 2 is 2.05 bits per heavy atom. The minimum absolute atomic E-state index is 0.0197. The first kappa shape index (κ1) is 15.8. The molecule has 0 radical (unpaired) electrons. The van der Waals surface area contributed by atoms with Gasteiger partial charge < -0.3 is 10.3 Å². The fraction of sp³-hybridized carbons (Fsp3) is 0.308. The van der Waals surface area contributed by atoms with Crippen LogP contribution in [-0.4, -0.2) is 18.0 Å². The number of anilines is 2. The molecule has 0 spiro atoms. The summed E-state index contributed by atoms with van der Waals surface area (Å²) < 4.78 is 29.7. The van der Waals surface area contributed by atoms with E-state index in [0.29, 0.717) is 28.2 Å². The van der Waals surface area contributed by atoms with Crippen molar-refractivity contribution < 1.29 is 8.42 Å². The molecule has 2 aromatic rings. The lowest BCUT2D eigenvalue weighted by atomic mass is 10.2. The molecule has 1 aromatic heterocycles. The molecule has 8 heteroatoms. The van der Waals surface area contributed by atoms with E-state index >= 15 is 0 Å². The summed E-state index contributed by atoms with van der Waals surface area (Å²) in [7, 11) is -3.77. The Morgan fingerprint density at radius 1 is 1.38 bits per heavy atom. The lowest BCUT2D eigenvalue weighted by Gasteiger charge is -2.11. The van der Waals surface area contributed by atoms with E-state index in [0.717, 1.165) is 5.56 Å². The number of nitrogen functional groups attached to an aromatic ring is 1. The quantitative estimate of drug-likeness (QED) is 0.807. The monoisotopic (exact) mass is 372 g/mol. The van der Waals surface area contributed by atoms with Gasteiger partial charge in [-0.1, -0.05) is 0 Å². The standard InChI is InChI=1S/C13H17BrN4O2S/c1-4-18-7-12(16-9(18)3)21(19,20)17-13-10(14)5-8(2)6-11(13)15/h5-7,17H,4,15H2,1-3H3. The molecule has 0 fully saturated rings. The number of hydrogen-bond donors (Lipinski definition) is 2. The van der Waals surface area contributed by atoms with Crippen molar-refractivity contribution in [3.05, 3.63) is 34.2 Å². The number of nitrogens with two attached hydrogens (primary N) is 1. The first-order chi connectivity index (χ1) is 9.74. The number of imidazole rings is 1. The first-order valence-corrected chi connectivity index (χ1v) is 8.64. The van der Waals surface area contributed by atoms with Crippen molar-refractivity contribution in [2.24, 2.45) is 0 Å². The van der Waals surface area contributed by atoms with Crippen LogP contribution >= 0.6 is 15.9 Å². The SMILES string of the molecule is CCn1cc(S(=O)(=O)Nc2c(N)cc(C)cc2Br)nc1C. The molecule has 0 saturated heterocycles. The van der Waals surface area contributed by atoms with Gasteiger partial charge in [0.05, 0.1) is 11.4 Å². The molecule has 1 aromatic carbocycles. The molecule has 1 heterocycles. The largest absolute Gasteiger partial charge is 0.397 e. The fourth-order valence-electron chi connectivity index (χ4n) is 1.99. The van der Waals surface area contributed by atoms with Gasteiger partial charge in [-0.25, -0.2) is 4.98 Å². The van der Waals surface area contributed by atoms with Gasteiger partial charge in [0.25, 0.3) is 10.0 Å². The van der Waals surface area contributed by atoms with Crippen molar-refractivity contribution in [3.8, 4) is 0 Å². The van der Waals surface area contributed by atoms with Gasteiger partial charge in [0.1, 0.15) is 5.82 Å². The van der Waals surface area contributed by atoms with Crippen molar-refractivity contribution >= 4 is 37.3 Å². The van der Waals surface area contributed by atoms with E-state index in [1.54, 1.807) is 23.6 Å². The smallest absolute Gasteiger partial charge is 0.281 e. The predicted molar refractivity (Wildman–Crippen MR) is 86.7 cm³/mol. The predicted octanol–water partition coefficient (Wildman–Crippen LogP) is 2.67. The molecule has 0 aliphatic rings. The number of aromatic nitrogens is 2. The zero-order valence-corrected chi connectivity index (χ0v) is 14.4. The van der Waals surface area contributed by atoms with Gasteiger partial charge in [-0.05, 0) is 54.4 Å². The van der Waals surface area contributed by atoms with Crippen LogP contribution in [0.3, 0.4) is 0 Å². The van der Waals surface area contributed by atoms with E-state index in [1.807, 2.05) is 13.8 Å². The highest BCUT2D eigenvalue weighted by atomic mass is 79.9. The Bertz CT molecular complexity index is 760. The van der Waals surface area contributed by atoms with Crippen molar-refractivity contribution in [1.29, 1.82) is 0 Å². The average Bonchev–Trinajstić information content (AvgIpc) is 2.76. The first-order valence-electron chi connectivity index (χ1n) is 6.36. The Hall–Kier alpha value is -1.54. The van der Waals surface area contributed by atoms with Crippen LogP contribution in [0.1, 0.15) is 18.3 Å². The summed E-state index contributed by atoms with van der Waals surface area (Å²) in [6.07, 6.45) is 1.51. The zero-order chi connectivity index (χ0) is 15.8. The number of nitrogens with one attached hydrogen (secondary N) is 1. The summed E-state index contributed by atoms with van der Waals surface area (Å²) >= 11 is 3.32. The van der Waals surface area contributed by atoms with Crippen LogP contribution < -0.4 is 10.5 Å². The molecule has 114 valence electrons. The van der Waals surface area contributed by atoms with Crippen molar-refractivity contribution in [2.45, 2.75) is 32.3 Å². The molecule has 0 bridgehead atoms. The molecule has 21 heavy (non-hydrogen) atoms. The third kappa shape index (κ3) is 3.21. The summed E-state index contributed by atoms with van der Waals surface area (Å²) in [4.78, 5) is 4.08. The molecule has 0 unspecified atom stereocenters. The number of aryl methyl sites for hydroxylation is 3. The van der Waals surface area contributed by atoms with E-state index < -0.39 is 10.0 Å². The molecule has 6 nitrogen and oxygen atoms in total. The number of hydrogen-bond acceptors (Lipinski definition) is 4. The van der Waals surface area contributed by atoms with Gasteiger partial charge in [-0.15, -0.1) is 0 Å². The molecule has 0 aliphatic carbocycles. The second-order valence-electron chi connectivity index (χ2n) is 4.73. The Balaban J connectivity index is 2.42. The minimum atomic E-state index is -3.77. The maximum Gasteiger partial charge on any atom is 0.281 e. The highest BCUT2D eigenvalue weighted by Gasteiger charge is 2.21. The Labute approximate surface area is 132 Å². The Morgan fingerprint density at radius 3 is 2.57 bits per heavy atom.